The molecule has 4 rings (SSSR count). The quantitative estimate of drug-likeness (QED) is 0.779. The lowest BCUT2D eigenvalue weighted by molar-refractivity contribution is -0.156. The maximum Gasteiger partial charge on any atom is 0.221 e. The Balaban J connectivity index is 1.77. The molecule has 0 saturated carbocycles. The first-order chi connectivity index (χ1) is 11.1. The molecule has 0 unspecified atom stereocenters. The second-order valence-corrected chi connectivity index (χ2v) is 6.30. The second-order valence-electron chi connectivity index (χ2n) is 5.94. The number of carbonyl (C=O) groups excluding carboxylic acids is 1. The summed E-state index contributed by atoms with van der Waals surface area (Å²) in [7, 11) is 0. The number of Topliss-reactive ketones (excluding diaryl/α,β-unsaturated/α-hetero) is 1. The summed E-state index contributed by atoms with van der Waals surface area (Å²) in [4.78, 5) is 12.0. The molecular formula is C15H16N4O3S. The van der Waals surface area contributed by atoms with Gasteiger partial charge >= 0.3 is 0 Å². The van der Waals surface area contributed by atoms with Crippen LogP contribution in [0.3, 0.4) is 0 Å². The van der Waals surface area contributed by atoms with E-state index in [4.69, 9.17) is 21.7 Å². The van der Waals surface area contributed by atoms with Gasteiger partial charge in [-0.05, 0) is 47.6 Å². The van der Waals surface area contributed by atoms with E-state index in [1.165, 1.54) is 0 Å². The van der Waals surface area contributed by atoms with E-state index < -0.39 is 6.29 Å². The average Bonchev–Trinajstić information content (AvgIpc) is 3.10. The highest BCUT2D eigenvalue weighted by molar-refractivity contribution is 7.71. The summed E-state index contributed by atoms with van der Waals surface area (Å²) in [6.45, 7) is 4.39. The van der Waals surface area contributed by atoms with Crippen molar-refractivity contribution in [1.82, 2.24) is 19.8 Å². The first kappa shape index (κ1) is 14.7. The van der Waals surface area contributed by atoms with Crippen molar-refractivity contribution in [3.63, 3.8) is 0 Å². The van der Waals surface area contributed by atoms with Gasteiger partial charge in [0, 0.05) is 6.42 Å². The van der Waals surface area contributed by atoms with Crippen LogP contribution >= 0.6 is 12.2 Å². The van der Waals surface area contributed by atoms with Gasteiger partial charge in [-0.15, -0.1) is 0 Å². The van der Waals surface area contributed by atoms with Gasteiger partial charge in [-0.3, -0.25) is 4.79 Å². The Morgan fingerprint density at radius 1 is 1.26 bits per heavy atom. The third-order valence-corrected chi connectivity index (χ3v) is 4.74. The summed E-state index contributed by atoms with van der Waals surface area (Å²) in [6.07, 6.45) is -0.638. The topological polar surface area (TPSA) is 71.2 Å². The fourth-order valence-electron chi connectivity index (χ4n) is 3.21. The van der Waals surface area contributed by atoms with Gasteiger partial charge in [0.15, 0.2) is 5.78 Å². The van der Waals surface area contributed by atoms with Crippen LogP contribution in [0.5, 0.6) is 0 Å². The number of hydrogen-bond acceptors (Lipinski definition) is 6. The highest BCUT2D eigenvalue weighted by atomic mass is 32.1. The van der Waals surface area contributed by atoms with E-state index in [1.807, 2.05) is 32.0 Å². The molecule has 0 radical (unpaired) electrons. The van der Waals surface area contributed by atoms with Gasteiger partial charge in [-0.25, -0.2) is 4.68 Å². The van der Waals surface area contributed by atoms with Crippen LogP contribution in [0.1, 0.15) is 23.6 Å². The molecule has 2 aliphatic heterocycles. The van der Waals surface area contributed by atoms with Crippen LogP contribution in [0.4, 0.5) is 0 Å². The van der Waals surface area contributed by atoms with E-state index in [2.05, 4.69) is 10.4 Å². The number of rotatable bonds is 2. The standard InChI is InChI=1S/C15H16N4O3S/c1-8-4-3-5-9(2)13(8)19-15(23)18(16-17-19)10-6-11(20)14-21-7-12(10)22-14/h3-5,10,12,14H,6-7H2,1-2H3/t10-,12+,14+/m0/s1. The Morgan fingerprint density at radius 2 is 2.00 bits per heavy atom. The summed E-state index contributed by atoms with van der Waals surface area (Å²) in [6, 6.07) is 5.73. The Hall–Kier alpha value is -1.90. The molecule has 23 heavy (non-hydrogen) atoms. The van der Waals surface area contributed by atoms with Gasteiger partial charge in [-0.2, -0.15) is 4.68 Å². The Labute approximate surface area is 137 Å². The van der Waals surface area contributed by atoms with Gasteiger partial charge in [0.05, 0.1) is 18.3 Å². The lowest BCUT2D eigenvalue weighted by atomic mass is 10.0. The van der Waals surface area contributed by atoms with Crippen molar-refractivity contribution in [1.29, 1.82) is 0 Å². The van der Waals surface area contributed by atoms with Gasteiger partial charge in [0.1, 0.15) is 6.10 Å². The van der Waals surface area contributed by atoms with E-state index in [0.29, 0.717) is 17.8 Å². The summed E-state index contributed by atoms with van der Waals surface area (Å²) in [5, 5.41) is 8.39. The number of carbonyl (C=O) groups is 1. The molecule has 2 saturated heterocycles. The van der Waals surface area contributed by atoms with Gasteiger partial charge in [-0.1, -0.05) is 18.2 Å². The van der Waals surface area contributed by atoms with Crippen molar-refractivity contribution in [3.8, 4) is 5.69 Å². The summed E-state index contributed by atoms with van der Waals surface area (Å²) in [5.41, 5.74) is 3.05. The molecule has 3 heterocycles. The Bertz CT molecular complexity index is 823. The first-order valence-electron chi connectivity index (χ1n) is 7.47. The molecule has 7 nitrogen and oxygen atoms in total. The molecule has 3 atom stereocenters. The number of ether oxygens (including phenoxy) is 2. The summed E-state index contributed by atoms with van der Waals surface area (Å²) < 4.78 is 14.6. The van der Waals surface area contributed by atoms with Crippen LogP contribution in [0, 0.1) is 18.6 Å². The average molecular weight is 332 g/mol. The third kappa shape index (κ3) is 2.25. The minimum Gasteiger partial charge on any atom is -0.343 e. The van der Waals surface area contributed by atoms with Crippen LogP contribution in [0.25, 0.3) is 5.69 Å². The lowest BCUT2D eigenvalue weighted by Gasteiger charge is -2.25. The van der Waals surface area contributed by atoms with Crippen LogP contribution < -0.4 is 0 Å². The Kier molecular flexibility index (Phi) is 3.40. The number of nitrogens with zero attached hydrogens (tertiary/aromatic N) is 4. The number of aromatic nitrogens is 4. The molecule has 2 bridgehead atoms. The van der Waals surface area contributed by atoms with Crippen molar-refractivity contribution in [3.05, 3.63) is 34.1 Å². The number of fused-ring (bicyclic) bond motifs is 2. The smallest absolute Gasteiger partial charge is 0.221 e. The number of tetrazole rings is 1. The molecule has 0 spiro atoms. The molecule has 2 fully saturated rings. The summed E-state index contributed by atoms with van der Waals surface area (Å²) in [5.74, 6) is -0.0766. The highest BCUT2D eigenvalue weighted by Gasteiger charge is 2.45. The van der Waals surface area contributed by atoms with E-state index in [9.17, 15) is 4.79 Å². The van der Waals surface area contributed by atoms with Crippen molar-refractivity contribution in [2.75, 3.05) is 6.61 Å². The van der Waals surface area contributed by atoms with Crippen LogP contribution in [0.15, 0.2) is 18.2 Å². The predicted molar refractivity (Wildman–Crippen MR) is 82.9 cm³/mol. The molecule has 2 aromatic rings. The van der Waals surface area contributed by atoms with Crippen molar-refractivity contribution < 1.29 is 14.3 Å². The molecule has 120 valence electrons. The lowest BCUT2D eigenvalue weighted by Crippen LogP contribution is -2.37. The van der Waals surface area contributed by atoms with Gasteiger partial charge in [0.2, 0.25) is 11.1 Å². The maximum absolute atomic E-state index is 12.0. The fourth-order valence-corrected chi connectivity index (χ4v) is 3.51. The zero-order valence-electron chi connectivity index (χ0n) is 12.8. The minimum absolute atomic E-state index is 0.0766. The van der Waals surface area contributed by atoms with Gasteiger partial charge < -0.3 is 9.47 Å². The van der Waals surface area contributed by atoms with E-state index in [0.717, 1.165) is 16.8 Å². The largest absolute Gasteiger partial charge is 0.343 e. The van der Waals surface area contributed by atoms with Crippen molar-refractivity contribution >= 4 is 18.0 Å². The molecule has 1 aromatic heterocycles. The summed E-state index contributed by atoms with van der Waals surface area (Å²) >= 11 is 5.55. The maximum atomic E-state index is 12.0. The van der Waals surface area contributed by atoms with Crippen molar-refractivity contribution in [2.45, 2.75) is 38.7 Å². The molecule has 0 N–H and O–H groups in total. The predicted octanol–water partition coefficient (Wildman–Crippen LogP) is 1.67. The molecule has 0 amide bonds. The molecule has 8 heteroatoms. The SMILES string of the molecule is Cc1cccc(C)c1-n1nnn([C@H]2CC(=O)[C@@H]3OC[C@H]2O3)c1=S. The van der Waals surface area contributed by atoms with Gasteiger partial charge in [0.25, 0.3) is 0 Å². The fraction of sp³-hybridized carbons (Fsp3) is 0.467. The second kappa shape index (κ2) is 5.33. The number of hydrogen-bond donors (Lipinski definition) is 0. The normalized spacial score (nSPS) is 26.7. The zero-order chi connectivity index (χ0) is 16.1. The van der Waals surface area contributed by atoms with E-state index in [1.54, 1.807) is 9.36 Å². The number of benzene rings is 1. The number of para-hydroxylation sites is 1. The monoisotopic (exact) mass is 332 g/mol. The van der Waals surface area contributed by atoms with Crippen LogP contribution in [-0.2, 0) is 14.3 Å². The van der Waals surface area contributed by atoms with E-state index in [-0.39, 0.29) is 17.9 Å². The zero-order valence-corrected chi connectivity index (χ0v) is 13.6. The molecule has 1 aromatic carbocycles. The van der Waals surface area contributed by atoms with E-state index >= 15 is 0 Å². The highest BCUT2D eigenvalue weighted by Crippen LogP contribution is 2.32. The molecule has 0 aliphatic carbocycles. The minimum atomic E-state index is -0.723. The Morgan fingerprint density at radius 3 is 2.74 bits per heavy atom. The molecule has 2 aliphatic rings. The number of ketones is 1. The third-order valence-electron chi connectivity index (χ3n) is 4.38. The van der Waals surface area contributed by atoms with Crippen molar-refractivity contribution in [2.24, 2.45) is 0 Å². The van der Waals surface area contributed by atoms with Crippen LogP contribution in [0.2, 0.25) is 0 Å². The van der Waals surface area contributed by atoms with Crippen LogP contribution in [-0.4, -0.2) is 44.6 Å². The molecular weight excluding hydrogens is 316 g/mol. The first-order valence-corrected chi connectivity index (χ1v) is 7.88. The number of aryl methyl sites for hydroxylation is 2.